The summed E-state index contributed by atoms with van der Waals surface area (Å²) in [5.41, 5.74) is 1.70. The van der Waals surface area contributed by atoms with Crippen LogP contribution in [0.5, 0.6) is 0 Å². The predicted octanol–water partition coefficient (Wildman–Crippen LogP) is 3.22. The molecule has 0 aliphatic carbocycles. The quantitative estimate of drug-likeness (QED) is 0.406. The molecule has 0 bridgehead atoms. The highest BCUT2D eigenvalue weighted by molar-refractivity contribution is 5.98. The van der Waals surface area contributed by atoms with Gasteiger partial charge in [0.2, 0.25) is 11.8 Å². The summed E-state index contributed by atoms with van der Waals surface area (Å²) in [6.07, 6.45) is 1.70. The minimum Gasteiger partial charge on any atom is -0.480 e. The van der Waals surface area contributed by atoms with E-state index in [0.717, 1.165) is 5.56 Å². The molecule has 0 saturated carbocycles. The molecule has 2 rings (SSSR count). The summed E-state index contributed by atoms with van der Waals surface area (Å²) in [5, 5.41) is 17.9. The summed E-state index contributed by atoms with van der Waals surface area (Å²) < 4.78 is 0. The number of carboxylic acids is 1. The summed E-state index contributed by atoms with van der Waals surface area (Å²) in [4.78, 5) is 37.5. The highest BCUT2D eigenvalue weighted by atomic mass is 16.4. The first-order valence-electron chi connectivity index (χ1n) is 11.0. The van der Waals surface area contributed by atoms with Crippen LogP contribution in [0.2, 0.25) is 0 Å². The Morgan fingerprint density at radius 3 is 2.06 bits per heavy atom. The van der Waals surface area contributed by atoms with Gasteiger partial charge >= 0.3 is 5.97 Å². The fraction of sp³-hybridized carbons (Fsp3) is 0.400. The number of aryl methyl sites for hydroxylation is 1. The molecular weight excluding hydrogens is 406 g/mol. The normalized spacial score (nSPS) is 14.6. The van der Waals surface area contributed by atoms with Crippen molar-refractivity contribution >= 4 is 23.5 Å². The maximum Gasteiger partial charge on any atom is 0.320 e. The van der Waals surface area contributed by atoms with E-state index >= 15 is 0 Å². The second kappa shape index (κ2) is 12.6. The Balaban J connectivity index is 2.13. The first-order valence-corrected chi connectivity index (χ1v) is 11.0. The van der Waals surface area contributed by atoms with Crippen LogP contribution >= 0.6 is 0 Å². The Bertz CT molecular complexity index is 873. The molecule has 7 nitrogen and oxygen atoms in total. The molecule has 0 saturated heterocycles. The fourth-order valence-electron chi connectivity index (χ4n) is 3.32. The van der Waals surface area contributed by atoms with Crippen LogP contribution in [0.4, 0.5) is 5.69 Å². The predicted molar refractivity (Wildman–Crippen MR) is 125 cm³/mol. The lowest BCUT2D eigenvalue weighted by molar-refractivity contribution is -0.139. The van der Waals surface area contributed by atoms with Gasteiger partial charge in [-0.15, -0.1) is 0 Å². The van der Waals surface area contributed by atoms with Crippen molar-refractivity contribution in [3.63, 3.8) is 0 Å². The van der Waals surface area contributed by atoms with Gasteiger partial charge in [-0.3, -0.25) is 19.7 Å². The number of hydrogen-bond donors (Lipinski definition) is 4. The van der Waals surface area contributed by atoms with Gasteiger partial charge in [0.15, 0.2) is 0 Å². The summed E-state index contributed by atoms with van der Waals surface area (Å²) in [6, 6.07) is 16.4. The zero-order chi connectivity index (χ0) is 23.5. The molecule has 0 aliphatic heterocycles. The van der Waals surface area contributed by atoms with Gasteiger partial charge in [-0.05, 0) is 43.4 Å². The first-order chi connectivity index (χ1) is 15.3. The van der Waals surface area contributed by atoms with Crippen molar-refractivity contribution < 1.29 is 19.5 Å². The third kappa shape index (κ3) is 7.81. The Morgan fingerprint density at radius 1 is 0.906 bits per heavy atom. The SMILES string of the molecule is CCC(C)[C@H](NC(=O)[C@H](CCc1ccccc1)N[C@H](C)C(=O)O)C(=O)Nc1ccccc1. The molecule has 4 N–H and O–H groups in total. The number of aliphatic carboxylic acids is 1. The highest BCUT2D eigenvalue weighted by Gasteiger charge is 2.30. The van der Waals surface area contributed by atoms with Crippen molar-refractivity contribution in [2.45, 2.75) is 58.2 Å². The summed E-state index contributed by atoms with van der Waals surface area (Å²) in [5.74, 6) is -1.83. The molecule has 0 fully saturated rings. The number of benzene rings is 2. The standard InChI is InChI=1S/C25H33N3O4/c1-4-17(2)22(24(30)27-20-13-9-6-10-14-20)28-23(29)21(26-18(3)25(31)32)16-15-19-11-7-5-8-12-19/h5-14,17-18,21-22,26H,4,15-16H2,1-3H3,(H,27,30)(H,28,29)(H,31,32)/t17?,18-,21+,22+/m1/s1. The number of carbonyl (C=O) groups excluding carboxylic acids is 2. The van der Waals surface area contributed by atoms with Crippen LogP contribution in [0, 0.1) is 5.92 Å². The molecule has 0 spiro atoms. The van der Waals surface area contributed by atoms with Crippen LogP contribution in [0.15, 0.2) is 60.7 Å². The molecule has 172 valence electrons. The molecule has 0 aliphatic rings. The number of amides is 2. The molecule has 32 heavy (non-hydrogen) atoms. The number of rotatable bonds is 12. The van der Waals surface area contributed by atoms with Crippen LogP contribution in [-0.2, 0) is 20.8 Å². The Hall–Kier alpha value is -3.19. The van der Waals surface area contributed by atoms with E-state index in [9.17, 15) is 19.5 Å². The summed E-state index contributed by atoms with van der Waals surface area (Å²) >= 11 is 0. The molecule has 7 heteroatoms. The van der Waals surface area contributed by atoms with Gasteiger partial charge in [0.25, 0.3) is 0 Å². The largest absolute Gasteiger partial charge is 0.480 e. The minimum absolute atomic E-state index is 0.102. The summed E-state index contributed by atoms with van der Waals surface area (Å²) in [6.45, 7) is 5.36. The van der Waals surface area contributed by atoms with E-state index in [1.165, 1.54) is 6.92 Å². The number of nitrogens with one attached hydrogen (secondary N) is 3. The topological polar surface area (TPSA) is 108 Å². The van der Waals surface area contributed by atoms with E-state index in [1.54, 1.807) is 12.1 Å². The number of para-hydroxylation sites is 1. The van der Waals surface area contributed by atoms with Gasteiger partial charge in [-0.2, -0.15) is 0 Å². The van der Waals surface area contributed by atoms with Crippen molar-refractivity contribution in [1.82, 2.24) is 10.6 Å². The molecular formula is C25H33N3O4. The zero-order valence-corrected chi connectivity index (χ0v) is 18.9. The van der Waals surface area contributed by atoms with E-state index in [4.69, 9.17) is 0 Å². The second-order valence-corrected chi connectivity index (χ2v) is 8.03. The van der Waals surface area contributed by atoms with Crippen molar-refractivity contribution in [2.75, 3.05) is 5.32 Å². The van der Waals surface area contributed by atoms with Gasteiger partial charge in [0, 0.05) is 5.69 Å². The van der Waals surface area contributed by atoms with Gasteiger partial charge in [-0.25, -0.2) is 0 Å². The lowest BCUT2D eigenvalue weighted by atomic mass is 9.97. The molecule has 0 heterocycles. The third-order valence-corrected chi connectivity index (χ3v) is 5.54. The van der Waals surface area contributed by atoms with E-state index in [-0.39, 0.29) is 17.7 Å². The maximum absolute atomic E-state index is 13.2. The van der Waals surface area contributed by atoms with Crippen LogP contribution in [-0.4, -0.2) is 41.0 Å². The Morgan fingerprint density at radius 2 is 1.50 bits per heavy atom. The molecule has 4 atom stereocenters. The molecule has 0 aromatic heterocycles. The average molecular weight is 440 g/mol. The van der Waals surface area contributed by atoms with Crippen LogP contribution in [0.1, 0.15) is 39.2 Å². The van der Waals surface area contributed by atoms with Crippen LogP contribution < -0.4 is 16.0 Å². The Labute approximate surface area is 189 Å². The smallest absolute Gasteiger partial charge is 0.320 e. The lowest BCUT2D eigenvalue weighted by Gasteiger charge is -2.27. The number of carboxylic acid groups (broad SMARTS) is 1. The van der Waals surface area contributed by atoms with Gasteiger partial charge in [-0.1, -0.05) is 68.8 Å². The van der Waals surface area contributed by atoms with E-state index in [1.807, 2.05) is 62.4 Å². The number of hydrogen-bond acceptors (Lipinski definition) is 4. The van der Waals surface area contributed by atoms with Crippen molar-refractivity contribution in [2.24, 2.45) is 5.92 Å². The fourth-order valence-corrected chi connectivity index (χ4v) is 3.32. The minimum atomic E-state index is -1.04. The van der Waals surface area contributed by atoms with E-state index in [2.05, 4.69) is 16.0 Å². The van der Waals surface area contributed by atoms with Gasteiger partial charge in [0.1, 0.15) is 12.1 Å². The van der Waals surface area contributed by atoms with Crippen molar-refractivity contribution in [3.05, 3.63) is 66.2 Å². The third-order valence-electron chi connectivity index (χ3n) is 5.54. The number of carbonyl (C=O) groups is 3. The lowest BCUT2D eigenvalue weighted by Crippen LogP contribution is -2.55. The maximum atomic E-state index is 13.2. The molecule has 2 aromatic rings. The zero-order valence-electron chi connectivity index (χ0n) is 18.9. The van der Waals surface area contributed by atoms with Crippen molar-refractivity contribution in [3.8, 4) is 0 Å². The molecule has 2 aromatic carbocycles. The van der Waals surface area contributed by atoms with E-state index < -0.39 is 24.1 Å². The first kappa shape index (κ1) is 25.1. The van der Waals surface area contributed by atoms with Gasteiger partial charge < -0.3 is 15.7 Å². The second-order valence-electron chi connectivity index (χ2n) is 8.03. The Kier molecular flexibility index (Phi) is 9.88. The molecule has 0 radical (unpaired) electrons. The van der Waals surface area contributed by atoms with Crippen molar-refractivity contribution in [1.29, 1.82) is 0 Å². The highest BCUT2D eigenvalue weighted by Crippen LogP contribution is 2.13. The van der Waals surface area contributed by atoms with E-state index in [0.29, 0.717) is 24.9 Å². The van der Waals surface area contributed by atoms with Crippen LogP contribution in [0.25, 0.3) is 0 Å². The monoisotopic (exact) mass is 439 g/mol. The average Bonchev–Trinajstić information content (AvgIpc) is 2.80. The van der Waals surface area contributed by atoms with Crippen LogP contribution in [0.3, 0.4) is 0 Å². The molecule has 2 amide bonds. The molecule has 1 unspecified atom stereocenters. The number of anilines is 1. The summed E-state index contributed by atoms with van der Waals surface area (Å²) in [7, 11) is 0. The van der Waals surface area contributed by atoms with Gasteiger partial charge in [0.05, 0.1) is 6.04 Å².